The smallest absolute Gasteiger partial charge is 0.338 e. The van der Waals surface area contributed by atoms with Crippen LogP contribution in [0.4, 0.5) is 5.69 Å². The summed E-state index contributed by atoms with van der Waals surface area (Å²) < 4.78 is 10.6. The van der Waals surface area contributed by atoms with Gasteiger partial charge in [-0.05, 0) is 42.8 Å². The summed E-state index contributed by atoms with van der Waals surface area (Å²) in [5, 5.41) is 0.935. The minimum atomic E-state index is -0.415. The molecule has 0 radical (unpaired) electrons. The van der Waals surface area contributed by atoms with E-state index in [0.29, 0.717) is 33.7 Å². The van der Waals surface area contributed by atoms with Crippen LogP contribution in [-0.2, 0) is 11.3 Å². The molecule has 0 unspecified atom stereocenters. The van der Waals surface area contributed by atoms with Gasteiger partial charge >= 0.3 is 5.97 Å². The Kier molecular flexibility index (Phi) is 5.52. The zero-order chi connectivity index (χ0) is 16.1. The van der Waals surface area contributed by atoms with Crippen molar-refractivity contribution in [3.63, 3.8) is 0 Å². The lowest BCUT2D eigenvalue weighted by atomic mass is 10.2. The number of esters is 1. The molecule has 0 aliphatic carbocycles. The van der Waals surface area contributed by atoms with E-state index in [1.807, 2.05) is 0 Å². The highest BCUT2D eigenvalue weighted by atomic mass is 35.5. The lowest BCUT2D eigenvalue weighted by molar-refractivity contribution is 0.0526. The quantitative estimate of drug-likeness (QED) is 0.650. The largest absolute Gasteiger partial charge is 0.487 e. The molecule has 0 saturated heterocycles. The van der Waals surface area contributed by atoms with Crippen molar-refractivity contribution in [1.82, 2.24) is 0 Å². The van der Waals surface area contributed by atoms with Gasteiger partial charge in [-0.1, -0.05) is 29.3 Å². The molecule has 0 saturated carbocycles. The number of rotatable bonds is 5. The summed E-state index contributed by atoms with van der Waals surface area (Å²) in [7, 11) is 0. The Labute approximate surface area is 138 Å². The number of anilines is 1. The van der Waals surface area contributed by atoms with Gasteiger partial charge in [0, 0.05) is 0 Å². The van der Waals surface area contributed by atoms with Crippen molar-refractivity contribution in [2.75, 3.05) is 12.3 Å². The van der Waals surface area contributed by atoms with Gasteiger partial charge in [0.2, 0.25) is 0 Å². The molecule has 4 nitrogen and oxygen atoms in total. The fraction of sp³-hybridized carbons (Fsp3) is 0.188. The molecule has 0 spiro atoms. The maximum atomic E-state index is 11.7. The summed E-state index contributed by atoms with van der Waals surface area (Å²) in [5.74, 6) is -0.00138. The molecule has 0 atom stereocenters. The molecule has 22 heavy (non-hydrogen) atoms. The monoisotopic (exact) mass is 339 g/mol. The molecule has 2 aromatic rings. The number of nitrogens with two attached hydrogens (primary N) is 1. The molecule has 2 aromatic carbocycles. The summed E-state index contributed by atoms with van der Waals surface area (Å²) in [6, 6.07) is 9.98. The van der Waals surface area contributed by atoms with Crippen molar-refractivity contribution in [1.29, 1.82) is 0 Å². The molecule has 2 N–H and O–H groups in total. The van der Waals surface area contributed by atoms with Gasteiger partial charge in [0.1, 0.15) is 12.4 Å². The summed E-state index contributed by atoms with van der Waals surface area (Å²) >= 11 is 11.8. The van der Waals surface area contributed by atoms with Gasteiger partial charge in [-0.15, -0.1) is 0 Å². The Morgan fingerprint density at radius 3 is 2.59 bits per heavy atom. The topological polar surface area (TPSA) is 61.5 Å². The molecule has 0 fully saturated rings. The van der Waals surface area contributed by atoms with Gasteiger partial charge in [-0.3, -0.25) is 0 Å². The van der Waals surface area contributed by atoms with E-state index in [-0.39, 0.29) is 6.61 Å². The van der Waals surface area contributed by atoms with E-state index in [1.165, 1.54) is 0 Å². The molecule has 2 rings (SSSR count). The number of carbonyl (C=O) groups excluding carboxylic acids is 1. The maximum Gasteiger partial charge on any atom is 0.338 e. The zero-order valence-corrected chi connectivity index (χ0v) is 13.4. The van der Waals surface area contributed by atoms with E-state index >= 15 is 0 Å². The van der Waals surface area contributed by atoms with E-state index in [1.54, 1.807) is 43.3 Å². The van der Waals surface area contributed by atoms with Crippen LogP contribution in [0.3, 0.4) is 0 Å². The van der Waals surface area contributed by atoms with Gasteiger partial charge in [-0.25, -0.2) is 4.79 Å². The van der Waals surface area contributed by atoms with Crippen LogP contribution < -0.4 is 10.5 Å². The third-order valence-corrected chi connectivity index (χ3v) is 3.64. The summed E-state index contributed by atoms with van der Waals surface area (Å²) in [6.45, 7) is 2.31. The van der Waals surface area contributed by atoms with Crippen molar-refractivity contribution >= 4 is 34.9 Å². The van der Waals surface area contributed by atoms with Crippen LogP contribution >= 0.6 is 23.2 Å². The Hall–Kier alpha value is -1.91. The summed E-state index contributed by atoms with van der Waals surface area (Å²) in [6.07, 6.45) is 0. The van der Waals surface area contributed by atoms with Crippen molar-refractivity contribution in [2.24, 2.45) is 0 Å². The van der Waals surface area contributed by atoms with E-state index < -0.39 is 5.97 Å². The highest BCUT2D eigenvalue weighted by Crippen LogP contribution is 2.26. The molecule has 0 amide bonds. The van der Waals surface area contributed by atoms with E-state index in [2.05, 4.69) is 0 Å². The number of ether oxygens (including phenoxy) is 2. The first kappa shape index (κ1) is 16.5. The maximum absolute atomic E-state index is 11.7. The van der Waals surface area contributed by atoms with E-state index in [9.17, 15) is 4.79 Å². The third-order valence-electron chi connectivity index (χ3n) is 2.90. The van der Waals surface area contributed by atoms with Crippen LogP contribution in [0, 0.1) is 0 Å². The lowest BCUT2D eigenvalue weighted by Crippen LogP contribution is -2.06. The molecule has 0 aliphatic rings. The first-order valence-corrected chi connectivity index (χ1v) is 7.40. The van der Waals surface area contributed by atoms with Crippen LogP contribution in [0.1, 0.15) is 22.8 Å². The minimum absolute atomic E-state index is 0.257. The highest BCUT2D eigenvalue weighted by molar-refractivity contribution is 6.42. The van der Waals surface area contributed by atoms with Crippen molar-refractivity contribution in [2.45, 2.75) is 13.5 Å². The predicted molar refractivity (Wildman–Crippen MR) is 87.6 cm³/mol. The Bertz CT molecular complexity index is 689. The van der Waals surface area contributed by atoms with Crippen LogP contribution in [0.5, 0.6) is 5.75 Å². The van der Waals surface area contributed by atoms with Crippen LogP contribution in [0.25, 0.3) is 0 Å². The van der Waals surface area contributed by atoms with Gasteiger partial charge in [0.05, 0.1) is 27.9 Å². The van der Waals surface area contributed by atoms with Crippen LogP contribution in [0.2, 0.25) is 10.0 Å². The second kappa shape index (κ2) is 7.38. The van der Waals surface area contributed by atoms with Crippen LogP contribution in [-0.4, -0.2) is 12.6 Å². The highest BCUT2D eigenvalue weighted by Gasteiger charge is 2.10. The minimum Gasteiger partial charge on any atom is -0.487 e. The third kappa shape index (κ3) is 4.06. The lowest BCUT2D eigenvalue weighted by Gasteiger charge is -2.11. The van der Waals surface area contributed by atoms with Gasteiger partial charge in [-0.2, -0.15) is 0 Å². The molecule has 0 heterocycles. The molecule has 116 valence electrons. The number of carbonyl (C=O) groups is 1. The van der Waals surface area contributed by atoms with Crippen molar-refractivity contribution in [3.8, 4) is 5.75 Å². The average molecular weight is 340 g/mol. The first-order chi connectivity index (χ1) is 10.5. The second-order valence-corrected chi connectivity index (χ2v) is 5.32. The van der Waals surface area contributed by atoms with E-state index in [0.717, 1.165) is 5.56 Å². The van der Waals surface area contributed by atoms with Gasteiger partial charge < -0.3 is 15.2 Å². The molecular formula is C16H15Cl2NO3. The van der Waals surface area contributed by atoms with Crippen molar-refractivity contribution < 1.29 is 14.3 Å². The molecule has 6 heteroatoms. The SMILES string of the molecule is CCOC(=O)c1ccc(N)c(OCc2ccc(Cl)c(Cl)c2)c1. The fourth-order valence-corrected chi connectivity index (χ4v) is 2.11. The summed E-state index contributed by atoms with van der Waals surface area (Å²) in [4.78, 5) is 11.7. The number of benzene rings is 2. The Morgan fingerprint density at radius 1 is 1.14 bits per heavy atom. The Balaban J connectivity index is 2.13. The van der Waals surface area contributed by atoms with E-state index in [4.69, 9.17) is 38.4 Å². The number of halogens is 2. The Morgan fingerprint density at radius 2 is 1.91 bits per heavy atom. The molecule has 0 aliphatic heterocycles. The first-order valence-electron chi connectivity index (χ1n) is 6.64. The predicted octanol–water partition coefficient (Wildman–Crippen LogP) is 4.33. The second-order valence-electron chi connectivity index (χ2n) is 4.51. The molecule has 0 bridgehead atoms. The van der Waals surface area contributed by atoms with Gasteiger partial charge in [0.15, 0.2) is 0 Å². The van der Waals surface area contributed by atoms with Gasteiger partial charge in [0.25, 0.3) is 0 Å². The standard InChI is InChI=1S/C16H15Cl2NO3/c1-2-21-16(20)11-4-6-14(19)15(8-11)22-9-10-3-5-12(17)13(18)7-10/h3-8H,2,9,19H2,1H3. The zero-order valence-electron chi connectivity index (χ0n) is 11.9. The number of hydrogen-bond donors (Lipinski definition) is 1. The van der Waals surface area contributed by atoms with Crippen LogP contribution in [0.15, 0.2) is 36.4 Å². The fourth-order valence-electron chi connectivity index (χ4n) is 1.79. The van der Waals surface area contributed by atoms with Crippen molar-refractivity contribution in [3.05, 3.63) is 57.6 Å². The number of nitrogen functional groups attached to an aromatic ring is 1. The molecule has 0 aromatic heterocycles. The average Bonchev–Trinajstić information content (AvgIpc) is 2.50. The normalized spacial score (nSPS) is 10.3. The number of hydrogen-bond acceptors (Lipinski definition) is 4. The summed E-state index contributed by atoms with van der Waals surface area (Å²) in [5.41, 5.74) is 7.53. The molecular weight excluding hydrogens is 325 g/mol.